The Bertz CT molecular complexity index is 598. The second kappa shape index (κ2) is 4.81. The molecule has 1 aliphatic heterocycles. The van der Waals surface area contributed by atoms with Crippen LogP contribution in [0, 0.1) is 0 Å². The Morgan fingerprint density at radius 2 is 1.00 bits per heavy atom. The van der Waals surface area contributed by atoms with E-state index in [-0.39, 0.29) is 0 Å². The summed E-state index contributed by atoms with van der Waals surface area (Å²) in [4.78, 5) is 0. The van der Waals surface area contributed by atoms with Gasteiger partial charge in [-0.15, -0.1) is 0 Å². The van der Waals surface area contributed by atoms with Crippen LogP contribution in [0.4, 0.5) is 0 Å². The second-order valence-electron chi connectivity index (χ2n) is 3.63. The van der Waals surface area contributed by atoms with Crippen LogP contribution in [0.3, 0.4) is 0 Å². The molecule has 0 bridgehead atoms. The number of rotatable bonds is 0. The zero-order valence-electron chi connectivity index (χ0n) is 8.64. The first-order chi connectivity index (χ1) is 8.54. The van der Waals surface area contributed by atoms with Gasteiger partial charge in [0, 0.05) is 8.95 Å². The molecule has 0 amide bonds. The van der Waals surface area contributed by atoms with Crippen LogP contribution >= 0.6 is 63.7 Å². The standard InChI is InChI=1S/C12H4Br4O2/c13-5-1-7(15)11-9(3-5)18-12-8(16)2-6(14)4-10(12)17-11/h1-4H. The van der Waals surface area contributed by atoms with E-state index in [1.165, 1.54) is 0 Å². The third-order valence-electron chi connectivity index (χ3n) is 2.37. The topological polar surface area (TPSA) is 18.5 Å². The molecule has 2 aromatic rings. The van der Waals surface area contributed by atoms with Crippen LogP contribution < -0.4 is 9.47 Å². The Kier molecular flexibility index (Phi) is 3.47. The Balaban J connectivity index is 2.18. The van der Waals surface area contributed by atoms with Crippen LogP contribution in [-0.4, -0.2) is 0 Å². The molecule has 2 nitrogen and oxygen atoms in total. The van der Waals surface area contributed by atoms with Gasteiger partial charge in [0.1, 0.15) is 0 Å². The number of hydrogen-bond donors (Lipinski definition) is 0. The quantitative estimate of drug-likeness (QED) is 0.345. The molecule has 1 aliphatic rings. The Morgan fingerprint density at radius 1 is 0.611 bits per heavy atom. The minimum absolute atomic E-state index is 0.673. The first-order valence-corrected chi connectivity index (χ1v) is 8.05. The monoisotopic (exact) mass is 496 g/mol. The summed E-state index contributed by atoms with van der Waals surface area (Å²) in [6.45, 7) is 0. The van der Waals surface area contributed by atoms with Crippen LogP contribution in [0.25, 0.3) is 0 Å². The summed E-state index contributed by atoms with van der Waals surface area (Å²) in [5.41, 5.74) is 0. The third kappa shape index (κ3) is 2.24. The van der Waals surface area contributed by atoms with Crippen molar-refractivity contribution in [3.05, 3.63) is 42.2 Å². The van der Waals surface area contributed by atoms with Crippen LogP contribution in [0.15, 0.2) is 42.2 Å². The molecule has 0 saturated carbocycles. The fraction of sp³-hybridized carbons (Fsp3) is 0. The molecule has 18 heavy (non-hydrogen) atoms. The highest BCUT2D eigenvalue weighted by Crippen LogP contribution is 2.52. The molecule has 0 saturated heterocycles. The van der Waals surface area contributed by atoms with Crippen LogP contribution in [-0.2, 0) is 0 Å². The molecule has 0 fully saturated rings. The molecule has 0 radical (unpaired) electrons. The molecule has 6 heteroatoms. The van der Waals surface area contributed by atoms with Crippen LogP contribution in [0.2, 0.25) is 0 Å². The summed E-state index contributed by atoms with van der Waals surface area (Å²) < 4.78 is 15.3. The van der Waals surface area contributed by atoms with Crippen molar-refractivity contribution in [1.82, 2.24) is 0 Å². The lowest BCUT2D eigenvalue weighted by Gasteiger charge is -2.22. The summed E-state index contributed by atoms with van der Waals surface area (Å²) in [5.74, 6) is 2.70. The largest absolute Gasteiger partial charge is 0.448 e. The number of ether oxygens (including phenoxy) is 2. The molecule has 1 heterocycles. The number of halogens is 4. The highest BCUT2D eigenvalue weighted by Gasteiger charge is 2.24. The van der Waals surface area contributed by atoms with Crippen molar-refractivity contribution in [2.45, 2.75) is 0 Å². The zero-order valence-corrected chi connectivity index (χ0v) is 15.0. The first kappa shape index (κ1) is 13.0. The van der Waals surface area contributed by atoms with Crippen molar-refractivity contribution >= 4 is 63.7 Å². The lowest BCUT2D eigenvalue weighted by molar-refractivity contribution is 0.355. The molecular weight excluding hydrogens is 496 g/mol. The van der Waals surface area contributed by atoms with Gasteiger partial charge in [-0.1, -0.05) is 31.9 Å². The fourth-order valence-electron chi connectivity index (χ4n) is 1.64. The summed E-state index contributed by atoms with van der Waals surface area (Å²) in [6, 6.07) is 7.58. The van der Waals surface area contributed by atoms with E-state index in [9.17, 15) is 0 Å². The normalized spacial score (nSPS) is 12.2. The van der Waals surface area contributed by atoms with E-state index in [1.807, 2.05) is 24.3 Å². The average Bonchev–Trinajstić information content (AvgIpc) is 2.27. The van der Waals surface area contributed by atoms with Gasteiger partial charge in [0.05, 0.1) is 8.95 Å². The van der Waals surface area contributed by atoms with Crippen molar-refractivity contribution in [3.8, 4) is 23.0 Å². The van der Waals surface area contributed by atoms with Gasteiger partial charge in [0.15, 0.2) is 23.0 Å². The van der Waals surface area contributed by atoms with E-state index >= 15 is 0 Å². The van der Waals surface area contributed by atoms with E-state index in [0.29, 0.717) is 23.0 Å². The molecule has 2 aromatic carbocycles. The van der Waals surface area contributed by atoms with E-state index in [0.717, 1.165) is 17.9 Å². The van der Waals surface area contributed by atoms with Gasteiger partial charge < -0.3 is 9.47 Å². The Hall–Kier alpha value is -0.0400. The molecule has 0 atom stereocenters. The molecular formula is C12H4Br4O2. The van der Waals surface area contributed by atoms with Crippen molar-refractivity contribution in [1.29, 1.82) is 0 Å². The lowest BCUT2D eigenvalue weighted by atomic mass is 10.2. The fourth-order valence-corrected chi connectivity index (χ4v) is 4.18. The number of benzene rings is 2. The van der Waals surface area contributed by atoms with Gasteiger partial charge >= 0.3 is 0 Å². The maximum atomic E-state index is 5.87. The van der Waals surface area contributed by atoms with Crippen LogP contribution in [0.1, 0.15) is 0 Å². The van der Waals surface area contributed by atoms with Gasteiger partial charge in [0.25, 0.3) is 0 Å². The molecule has 0 unspecified atom stereocenters. The van der Waals surface area contributed by atoms with Gasteiger partial charge in [-0.05, 0) is 56.1 Å². The average molecular weight is 500 g/mol. The summed E-state index contributed by atoms with van der Waals surface area (Å²) in [5, 5.41) is 0. The summed E-state index contributed by atoms with van der Waals surface area (Å²) in [6.07, 6.45) is 0. The van der Waals surface area contributed by atoms with Crippen molar-refractivity contribution in [3.63, 3.8) is 0 Å². The van der Waals surface area contributed by atoms with E-state index < -0.39 is 0 Å². The van der Waals surface area contributed by atoms with Crippen LogP contribution in [0.5, 0.6) is 23.0 Å². The minimum Gasteiger partial charge on any atom is -0.448 e. The summed E-state index contributed by atoms with van der Waals surface area (Å²) >= 11 is 13.8. The number of hydrogen-bond acceptors (Lipinski definition) is 2. The maximum Gasteiger partial charge on any atom is 0.184 e. The Labute approximate surface area is 137 Å². The molecule has 92 valence electrons. The van der Waals surface area contributed by atoms with E-state index in [4.69, 9.17) is 9.47 Å². The second-order valence-corrected chi connectivity index (χ2v) is 7.17. The van der Waals surface area contributed by atoms with Crippen molar-refractivity contribution in [2.24, 2.45) is 0 Å². The number of fused-ring (bicyclic) bond motifs is 2. The van der Waals surface area contributed by atoms with Crippen molar-refractivity contribution < 1.29 is 9.47 Å². The van der Waals surface area contributed by atoms with Gasteiger partial charge in [-0.2, -0.15) is 0 Å². The van der Waals surface area contributed by atoms with Crippen molar-refractivity contribution in [2.75, 3.05) is 0 Å². The van der Waals surface area contributed by atoms with E-state index in [1.54, 1.807) is 0 Å². The lowest BCUT2D eigenvalue weighted by Crippen LogP contribution is -2.00. The van der Waals surface area contributed by atoms with Gasteiger partial charge in [-0.25, -0.2) is 0 Å². The maximum absolute atomic E-state index is 5.87. The zero-order chi connectivity index (χ0) is 12.9. The predicted octanol–water partition coefficient (Wildman–Crippen LogP) is 6.63. The Morgan fingerprint density at radius 3 is 1.39 bits per heavy atom. The molecule has 0 spiro atoms. The molecule has 0 N–H and O–H groups in total. The van der Waals surface area contributed by atoms with E-state index in [2.05, 4.69) is 63.7 Å². The van der Waals surface area contributed by atoms with Gasteiger partial charge in [0.2, 0.25) is 0 Å². The predicted molar refractivity (Wildman–Crippen MR) is 83.8 cm³/mol. The highest BCUT2D eigenvalue weighted by atomic mass is 79.9. The van der Waals surface area contributed by atoms with Gasteiger partial charge in [-0.3, -0.25) is 0 Å². The highest BCUT2D eigenvalue weighted by molar-refractivity contribution is 9.11. The SMILES string of the molecule is Brc1cc(Br)c2c(c1)Oc1c(Br)cc(Br)cc1O2. The molecule has 0 aromatic heterocycles. The smallest absolute Gasteiger partial charge is 0.184 e. The third-order valence-corrected chi connectivity index (χ3v) is 4.47. The molecule has 3 rings (SSSR count). The first-order valence-electron chi connectivity index (χ1n) is 4.88. The molecule has 0 aliphatic carbocycles. The minimum atomic E-state index is 0.673. The summed E-state index contributed by atoms with van der Waals surface area (Å²) in [7, 11) is 0.